The van der Waals surface area contributed by atoms with Gasteiger partial charge in [0, 0.05) is 46.5 Å². The molecule has 0 bridgehead atoms. The molecule has 2 N–H and O–H groups in total. The van der Waals surface area contributed by atoms with Gasteiger partial charge in [0.2, 0.25) is 11.8 Å². The van der Waals surface area contributed by atoms with Crippen molar-refractivity contribution in [1.29, 1.82) is 0 Å². The van der Waals surface area contributed by atoms with E-state index in [1.165, 1.54) is 36.4 Å². The predicted molar refractivity (Wildman–Crippen MR) is 157 cm³/mol. The van der Waals surface area contributed by atoms with Crippen LogP contribution in [0.3, 0.4) is 0 Å². The molecule has 0 saturated carbocycles. The maximum atomic E-state index is 13.4. The van der Waals surface area contributed by atoms with Crippen molar-refractivity contribution in [2.24, 2.45) is 11.8 Å². The van der Waals surface area contributed by atoms with E-state index in [0.717, 1.165) is 11.1 Å². The molecule has 0 aromatic heterocycles. The number of hydrogen-bond donors (Lipinski definition) is 2. The van der Waals surface area contributed by atoms with E-state index in [4.69, 9.17) is 0 Å². The van der Waals surface area contributed by atoms with E-state index in [9.17, 15) is 33.6 Å². The molecule has 0 fully saturated rings. The van der Waals surface area contributed by atoms with Gasteiger partial charge in [-0.2, -0.15) is 0 Å². The Morgan fingerprint density at radius 3 is 1.23 bits per heavy atom. The molecule has 2 amide bonds. The van der Waals surface area contributed by atoms with E-state index in [1.54, 1.807) is 48.5 Å². The molecule has 0 aliphatic heterocycles. The van der Waals surface area contributed by atoms with Crippen LogP contribution < -0.4 is 10.6 Å². The minimum atomic E-state index is -1.55. The standard InChI is InChI=1S/C35H24N2O7/c38-29(21-11-13-23-25(15-21)32(41)27(30(23)39)34(43)36-17-19-7-3-1-4-8-19)22-12-14-24-26(16-22)33(42)28(31(24)40)35(44)37-18-20-9-5-2-6-10-20/h1-16,27-28H,17-18H2,(H,36,43)(H,37,44). The van der Waals surface area contributed by atoms with Crippen molar-refractivity contribution in [3.8, 4) is 0 Å². The molecule has 6 rings (SSSR count). The molecule has 44 heavy (non-hydrogen) atoms. The number of amides is 2. The highest BCUT2D eigenvalue weighted by molar-refractivity contribution is 6.36. The van der Waals surface area contributed by atoms with Gasteiger partial charge in [-0.3, -0.25) is 33.6 Å². The van der Waals surface area contributed by atoms with Gasteiger partial charge in [0.1, 0.15) is 0 Å². The summed E-state index contributed by atoms with van der Waals surface area (Å²) in [6, 6.07) is 26.0. The first-order valence-electron chi connectivity index (χ1n) is 13.9. The predicted octanol–water partition coefficient (Wildman–Crippen LogP) is 3.54. The zero-order valence-corrected chi connectivity index (χ0v) is 23.2. The van der Waals surface area contributed by atoms with E-state index in [2.05, 4.69) is 10.6 Å². The van der Waals surface area contributed by atoms with Crippen LogP contribution in [0.4, 0.5) is 0 Å². The molecule has 2 aliphatic carbocycles. The smallest absolute Gasteiger partial charge is 0.239 e. The molecule has 2 unspecified atom stereocenters. The van der Waals surface area contributed by atoms with Gasteiger partial charge < -0.3 is 10.6 Å². The first-order chi connectivity index (χ1) is 21.2. The summed E-state index contributed by atoms with van der Waals surface area (Å²) < 4.78 is 0. The summed E-state index contributed by atoms with van der Waals surface area (Å²) in [6.45, 7) is 0.290. The third-order valence-electron chi connectivity index (χ3n) is 7.82. The van der Waals surface area contributed by atoms with Crippen LogP contribution in [0.1, 0.15) is 68.5 Å². The number of carbonyl (C=O) groups is 7. The summed E-state index contributed by atoms with van der Waals surface area (Å²) in [7, 11) is 0. The number of ketones is 5. The fourth-order valence-corrected chi connectivity index (χ4v) is 5.49. The number of nitrogens with one attached hydrogen (secondary N) is 2. The number of rotatable bonds is 8. The first kappa shape index (κ1) is 28.3. The first-order valence-corrected chi connectivity index (χ1v) is 13.9. The highest BCUT2D eigenvalue weighted by Crippen LogP contribution is 2.31. The topological polar surface area (TPSA) is 144 Å². The van der Waals surface area contributed by atoms with Crippen molar-refractivity contribution in [1.82, 2.24) is 10.6 Å². The van der Waals surface area contributed by atoms with Gasteiger partial charge in [0.15, 0.2) is 40.8 Å². The Morgan fingerprint density at radius 2 is 0.841 bits per heavy atom. The Balaban J connectivity index is 1.18. The zero-order valence-electron chi connectivity index (χ0n) is 23.2. The van der Waals surface area contributed by atoms with Gasteiger partial charge in [-0.1, -0.05) is 72.8 Å². The van der Waals surface area contributed by atoms with Crippen molar-refractivity contribution in [2.45, 2.75) is 13.1 Å². The fraction of sp³-hybridized carbons (Fsp3) is 0.114. The second kappa shape index (κ2) is 11.4. The maximum Gasteiger partial charge on any atom is 0.239 e. The van der Waals surface area contributed by atoms with Gasteiger partial charge in [-0.25, -0.2) is 0 Å². The Hall–Kier alpha value is -5.83. The van der Waals surface area contributed by atoms with Gasteiger partial charge in [-0.15, -0.1) is 0 Å². The molecule has 0 spiro atoms. The van der Waals surface area contributed by atoms with Crippen LogP contribution in [0.25, 0.3) is 0 Å². The van der Waals surface area contributed by atoms with E-state index >= 15 is 0 Å². The van der Waals surface area contributed by atoms with Crippen molar-refractivity contribution in [3.05, 3.63) is 142 Å². The molecular weight excluding hydrogens is 560 g/mol. The number of Topliss-reactive ketones (excluding diaryl/α,β-unsaturated/α-hetero) is 4. The lowest BCUT2D eigenvalue weighted by molar-refractivity contribution is -0.123. The van der Waals surface area contributed by atoms with Crippen LogP contribution in [-0.4, -0.2) is 40.7 Å². The van der Waals surface area contributed by atoms with Gasteiger partial charge in [0.25, 0.3) is 0 Å². The molecule has 9 heteroatoms. The number of fused-ring (bicyclic) bond motifs is 2. The lowest BCUT2D eigenvalue weighted by Crippen LogP contribution is -2.36. The summed E-state index contributed by atoms with van der Waals surface area (Å²) in [5.74, 6) is -7.81. The molecule has 0 heterocycles. The number of carbonyl (C=O) groups excluding carboxylic acids is 7. The van der Waals surface area contributed by atoms with Crippen LogP contribution >= 0.6 is 0 Å². The molecular formula is C35H24N2O7. The highest BCUT2D eigenvalue weighted by atomic mass is 16.2. The quantitative estimate of drug-likeness (QED) is 0.238. The van der Waals surface area contributed by atoms with E-state index in [0.29, 0.717) is 0 Å². The van der Waals surface area contributed by atoms with Crippen molar-refractivity contribution in [2.75, 3.05) is 0 Å². The lowest BCUT2D eigenvalue weighted by Gasteiger charge is -2.08. The van der Waals surface area contributed by atoms with Gasteiger partial charge in [0.05, 0.1) is 0 Å². The molecule has 4 aromatic carbocycles. The van der Waals surface area contributed by atoms with Crippen LogP contribution in [0.5, 0.6) is 0 Å². The summed E-state index contributed by atoms with van der Waals surface area (Å²) in [4.78, 5) is 91.2. The Bertz CT molecular complexity index is 1760. The van der Waals surface area contributed by atoms with Crippen LogP contribution in [0, 0.1) is 11.8 Å². The minimum absolute atomic E-state index is 0.0386. The average Bonchev–Trinajstić information content (AvgIpc) is 3.46. The van der Waals surface area contributed by atoms with Gasteiger partial charge in [-0.05, 0) is 35.4 Å². The van der Waals surface area contributed by atoms with Crippen molar-refractivity contribution < 1.29 is 33.6 Å². The fourth-order valence-electron chi connectivity index (χ4n) is 5.49. The van der Waals surface area contributed by atoms with E-state index < -0.39 is 52.6 Å². The minimum Gasteiger partial charge on any atom is -0.351 e. The zero-order chi connectivity index (χ0) is 31.0. The van der Waals surface area contributed by atoms with Crippen LogP contribution in [0.2, 0.25) is 0 Å². The average molecular weight is 585 g/mol. The molecule has 2 aliphatic rings. The summed E-state index contributed by atoms with van der Waals surface area (Å²) in [6.07, 6.45) is 0. The van der Waals surface area contributed by atoms with Crippen molar-refractivity contribution in [3.63, 3.8) is 0 Å². The van der Waals surface area contributed by atoms with Crippen LogP contribution in [-0.2, 0) is 22.7 Å². The second-order valence-electron chi connectivity index (χ2n) is 10.6. The summed E-state index contributed by atoms with van der Waals surface area (Å²) in [5.41, 5.74) is 1.74. The Kier molecular flexibility index (Phi) is 7.36. The normalized spacial score (nSPS) is 16.8. The summed E-state index contributed by atoms with van der Waals surface area (Å²) >= 11 is 0. The van der Waals surface area contributed by atoms with Gasteiger partial charge >= 0.3 is 0 Å². The molecule has 2 atom stereocenters. The Morgan fingerprint density at radius 1 is 0.477 bits per heavy atom. The monoisotopic (exact) mass is 584 g/mol. The molecule has 9 nitrogen and oxygen atoms in total. The van der Waals surface area contributed by atoms with E-state index in [1.807, 2.05) is 12.1 Å². The molecule has 4 aromatic rings. The number of hydrogen-bond acceptors (Lipinski definition) is 7. The van der Waals surface area contributed by atoms with Crippen LogP contribution in [0.15, 0.2) is 97.1 Å². The van der Waals surface area contributed by atoms with E-state index in [-0.39, 0.29) is 46.5 Å². The second-order valence-corrected chi connectivity index (χ2v) is 10.6. The highest BCUT2D eigenvalue weighted by Gasteiger charge is 2.45. The maximum absolute atomic E-state index is 13.4. The molecule has 0 saturated heterocycles. The van der Waals surface area contributed by atoms with Crippen molar-refractivity contribution >= 4 is 40.7 Å². The summed E-state index contributed by atoms with van der Waals surface area (Å²) in [5, 5.41) is 5.25. The Labute approximate surface area is 251 Å². The molecule has 0 radical (unpaired) electrons. The SMILES string of the molecule is O=C(c1ccc2c(c1)C(=O)C(C(=O)NCc1ccccc1)C2=O)c1ccc2c(c1)C(=O)C(C(=O)NCc1ccccc1)C2=O. The molecule has 216 valence electrons. The third-order valence-corrected chi connectivity index (χ3v) is 7.82. The number of benzene rings is 4. The third kappa shape index (κ3) is 5.05. The largest absolute Gasteiger partial charge is 0.351 e. The lowest BCUT2D eigenvalue weighted by atomic mass is 9.96.